The Morgan fingerprint density at radius 3 is 2.68 bits per heavy atom. The van der Waals surface area contributed by atoms with E-state index in [-0.39, 0.29) is 17.9 Å². The van der Waals surface area contributed by atoms with Gasteiger partial charge in [0.2, 0.25) is 5.91 Å². The lowest BCUT2D eigenvalue weighted by Crippen LogP contribution is -2.37. The van der Waals surface area contributed by atoms with Gasteiger partial charge in [-0.05, 0) is 26.3 Å². The summed E-state index contributed by atoms with van der Waals surface area (Å²) in [6.45, 7) is 6.42. The molecule has 1 fully saturated rings. The number of hydrogen-bond acceptors (Lipinski definition) is 4. The number of aryl methyl sites for hydroxylation is 1. The van der Waals surface area contributed by atoms with Crippen molar-refractivity contribution in [2.75, 3.05) is 26.2 Å². The number of aromatic nitrogens is 2. The van der Waals surface area contributed by atoms with E-state index < -0.39 is 0 Å². The fraction of sp³-hybridized carbons (Fsp3) is 0.500. The van der Waals surface area contributed by atoms with Crippen LogP contribution >= 0.6 is 0 Å². The Balaban J connectivity index is 1.56. The molecule has 7 nitrogen and oxygen atoms in total. The van der Waals surface area contributed by atoms with Crippen LogP contribution in [0.4, 0.5) is 0 Å². The average Bonchev–Trinajstić information content (AvgIpc) is 3.20. The Labute approximate surface area is 147 Å². The minimum absolute atomic E-state index is 0.0366. The van der Waals surface area contributed by atoms with Crippen LogP contribution in [0.25, 0.3) is 0 Å². The predicted molar refractivity (Wildman–Crippen MR) is 92.1 cm³/mol. The molecule has 1 saturated heterocycles. The maximum atomic E-state index is 12.6. The second kappa shape index (κ2) is 7.55. The zero-order valence-corrected chi connectivity index (χ0v) is 14.7. The van der Waals surface area contributed by atoms with Gasteiger partial charge in [0.15, 0.2) is 0 Å². The van der Waals surface area contributed by atoms with Crippen LogP contribution in [-0.4, -0.2) is 57.3 Å². The molecule has 0 bridgehead atoms. The van der Waals surface area contributed by atoms with Crippen LogP contribution in [0.1, 0.15) is 42.0 Å². The van der Waals surface area contributed by atoms with Crippen molar-refractivity contribution in [2.24, 2.45) is 0 Å². The third-order valence-electron chi connectivity index (χ3n) is 4.71. The first-order chi connectivity index (χ1) is 12.1. The highest BCUT2D eigenvalue weighted by Gasteiger charge is 2.24. The van der Waals surface area contributed by atoms with E-state index in [1.807, 2.05) is 29.5 Å². The SMILES string of the molecule is Cc1nccn1[C@H](C)CC(=O)N1CCCN(C(=O)c2ccoc2)CC1. The molecule has 2 amide bonds. The van der Waals surface area contributed by atoms with Crippen LogP contribution in [-0.2, 0) is 4.79 Å². The first kappa shape index (κ1) is 17.3. The lowest BCUT2D eigenvalue weighted by molar-refractivity contribution is -0.131. The first-order valence-electron chi connectivity index (χ1n) is 8.65. The van der Waals surface area contributed by atoms with E-state index in [0.717, 1.165) is 12.2 Å². The van der Waals surface area contributed by atoms with Gasteiger partial charge in [-0.2, -0.15) is 0 Å². The second-order valence-electron chi connectivity index (χ2n) is 6.47. The van der Waals surface area contributed by atoms with Gasteiger partial charge in [0.1, 0.15) is 12.1 Å². The normalized spacial score (nSPS) is 16.6. The Kier molecular flexibility index (Phi) is 5.21. The molecule has 134 valence electrons. The van der Waals surface area contributed by atoms with Crippen LogP contribution in [0.3, 0.4) is 0 Å². The number of amides is 2. The van der Waals surface area contributed by atoms with Gasteiger partial charge in [0, 0.05) is 51.0 Å². The number of nitrogens with zero attached hydrogens (tertiary/aromatic N) is 4. The predicted octanol–water partition coefficient (Wildman–Crippen LogP) is 2.11. The Hall–Kier alpha value is -2.57. The van der Waals surface area contributed by atoms with Gasteiger partial charge in [-0.3, -0.25) is 9.59 Å². The topological polar surface area (TPSA) is 71.6 Å². The van der Waals surface area contributed by atoms with Gasteiger partial charge in [-0.25, -0.2) is 4.98 Å². The third-order valence-corrected chi connectivity index (χ3v) is 4.71. The van der Waals surface area contributed by atoms with Crippen molar-refractivity contribution in [2.45, 2.75) is 32.7 Å². The monoisotopic (exact) mass is 344 g/mol. The molecule has 0 saturated carbocycles. The number of furan rings is 1. The minimum Gasteiger partial charge on any atom is -0.472 e. The van der Waals surface area contributed by atoms with Crippen LogP contribution in [0.5, 0.6) is 0 Å². The van der Waals surface area contributed by atoms with Crippen molar-refractivity contribution in [3.05, 3.63) is 42.4 Å². The molecule has 0 aliphatic carbocycles. The molecule has 3 rings (SSSR count). The van der Waals surface area contributed by atoms with Gasteiger partial charge in [-0.15, -0.1) is 0 Å². The van der Waals surface area contributed by atoms with Gasteiger partial charge < -0.3 is 18.8 Å². The molecule has 1 atom stereocenters. The van der Waals surface area contributed by atoms with Crippen molar-refractivity contribution >= 4 is 11.8 Å². The van der Waals surface area contributed by atoms with E-state index in [0.29, 0.717) is 38.2 Å². The smallest absolute Gasteiger partial charge is 0.257 e. The van der Waals surface area contributed by atoms with Gasteiger partial charge >= 0.3 is 0 Å². The van der Waals surface area contributed by atoms with Crippen molar-refractivity contribution < 1.29 is 14.0 Å². The maximum absolute atomic E-state index is 12.6. The molecule has 1 aliphatic heterocycles. The average molecular weight is 344 g/mol. The van der Waals surface area contributed by atoms with E-state index in [2.05, 4.69) is 4.98 Å². The van der Waals surface area contributed by atoms with Crippen LogP contribution in [0.2, 0.25) is 0 Å². The molecule has 0 unspecified atom stereocenters. The molecular weight excluding hydrogens is 320 g/mol. The lowest BCUT2D eigenvalue weighted by atomic mass is 10.2. The number of rotatable bonds is 4. The summed E-state index contributed by atoms with van der Waals surface area (Å²) in [5.41, 5.74) is 0.559. The summed E-state index contributed by atoms with van der Waals surface area (Å²) >= 11 is 0. The van der Waals surface area contributed by atoms with Gasteiger partial charge in [0.05, 0.1) is 11.8 Å². The van der Waals surface area contributed by atoms with Crippen LogP contribution in [0.15, 0.2) is 35.4 Å². The fourth-order valence-corrected chi connectivity index (χ4v) is 3.27. The van der Waals surface area contributed by atoms with E-state index in [4.69, 9.17) is 4.42 Å². The lowest BCUT2D eigenvalue weighted by Gasteiger charge is -2.24. The Morgan fingerprint density at radius 1 is 1.24 bits per heavy atom. The van der Waals surface area contributed by atoms with E-state index in [9.17, 15) is 9.59 Å². The van der Waals surface area contributed by atoms with Crippen molar-refractivity contribution in [3.63, 3.8) is 0 Å². The standard InChI is InChI=1S/C18H24N4O3/c1-14(22-8-5-19-15(22)2)12-17(23)20-6-3-7-21(10-9-20)18(24)16-4-11-25-13-16/h4-5,8,11,13-14H,3,6-7,9-10,12H2,1-2H3/t14-/m1/s1. The highest BCUT2D eigenvalue weighted by Crippen LogP contribution is 2.16. The summed E-state index contributed by atoms with van der Waals surface area (Å²) in [6.07, 6.45) is 7.84. The molecular formula is C18H24N4O3. The molecule has 25 heavy (non-hydrogen) atoms. The maximum Gasteiger partial charge on any atom is 0.257 e. The zero-order valence-electron chi connectivity index (χ0n) is 14.7. The molecule has 2 aromatic heterocycles. The second-order valence-corrected chi connectivity index (χ2v) is 6.47. The van der Waals surface area contributed by atoms with E-state index in [1.165, 1.54) is 12.5 Å². The number of imidazole rings is 1. The number of carbonyl (C=O) groups excluding carboxylic acids is 2. The highest BCUT2D eigenvalue weighted by molar-refractivity contribution is 5.93. The summed E-state index contributed by atoms with van der Waals surface area (Å²) in [6, 6.07) is 1.74. The summed E-state index contributed by atoms with van der Waals surface area (Å²) < 4.78 is 7.00. The summed E-state index contributed by atoms with van der Waals surface area (Å²) in [4.78, 5) is 32.9. The van der Waals surface area contributed by atoms with E-state index >= 15 is 0 Å². The minimum atomic E-state index is -0.0366. The van der Waals surface area contributed by atoms with Crippen molar-refractivity contribution in [1.29, 1.82) is 0 Å². The zero-order chi connectivity index (χ0) is 17.8. The Bertz CT molecular complexity index is 723. The van der Waals surface area contributed by atoms with Crippen LogP contribution in [0, 0.1) is 6.92 Å². The number of hydrogen-bond donors (Lipinski definition) is 0. The summed E-state index contributed by atoms with van der Waals surface area (Å²) in [5.74, 6) is 0.997. The fourth-order valence-electron chi connectivity index (χ4n) is 3.27. The summed E-state index contributed by atoms with van der Waals surface area (Å²) in [5, 5.41) is 0. The Morgan fingerprint density at radius 2 is 2.00 bits per heavy atom. The van der Waals surface area contributed by atoms with Crippen molar-refractivity contribution in [1.82, 2.24) is 19.4 Å². The molecule has 7 heteroatoms. The molecule has 0 aromatic carbocycles. The first-order valence-corrected chi connectivity index (χ1v) is 8.65. The quantitative estimate of drug-likeness (QED) is 0.852. The van der Waals surface area contributed by atoms with Gasteiger partial charge in [-0.1, -0.05) is 0 Å². The summed E-state index contributed by atoms with van der Waals surface area (Å²) in [7, 11) is 0. The van der Waals surface area contributed by atoms with E-state index in [1.54, 1.807) is 17.2 Å². The molecule has 1 aliphatic rings. The molecule has 3 heterocycles. The molecule has 0 radical (unpaired) electrons. The molecule has 0 spiro atoms. The number of carbonyl (C=O) groups is 2. The van der Waals surface area contributed by atoms with Crippen molar-refractivity contribution in [3.8, 4) is 0 Å². The van der Waals surface area contributed by atoms with Crippen LogP contribution < -0.4 is 0 Å². The van der Waals surface area contributed by atoms with Gasteiger partial charge in [0.25, 0.3) is 5.91 Å². The molecule has 0 N–H and O–H groups in total. The third kappa shape index (κ3) is 3.92. The largest absolute Gasteiger partial charge is 0.472 e. The highest BCUT2D eigenvalue weighted by atomic mass is 16.3. The molecule has 2 aromatic rings.